The van der Waals surface area contributed by atoms with Crippen molar-refractivity contribution in [3.05, 3.63) is 78.9 Å². The third kappa shape index (κ3) is 5.86. The Morgan fingerprint density at radius 1 is 0.848 bits per heavy atom. The molecule has 0 radical (unpaired) electrons. The molecule has 3 aromatic carbocycles. The number of benzene rings is 2. The van der Waals surface area contributed by atoms with Gasteiger partial charge in [0.05, 0.1) is 0 Å². The first-order chi connectivity index (χ1) is 15.1. The van der Waals surface area contributed by atoms with Crippen LogP contribution in [-0.2, 0) is 24.2 Å². The fraction of sp³-hybridized carbons (Fsp3) is 0.400. The molecule has 3 aromatic rings. The molecule has 3 heteroatoms. The molecule has 0 aliphatic heterocycles. The van der Waals surface area contributed by atoms with Gasteiger partial charge in [-0.3, -0.25) is 6.08 Å². The van der Waals surface area contributed by atoms with Gasteiger partial charge in [0.1, 0.15) is 0 Å². The van der Waals surface area contributed by atoms with Crippen molar-refractivity contribution in [2.75, 3.05) is 0 Å². The summed E-state index contributed by atoms with van der Waals surface area (Å²) in [5.74, 6) is 3.38. The monoisotopic (exact) mass is 552 g/mol. The third-order valence-corrected chi connectivity index (χ3v) is 9.25. The van der Waals surface area contributed by atoms with Crippen molar-refractivity contribution in [1.82, 2.24) is 0 Å². The molecule has 33 heavy (non-hydrogen) atoms. The standard InChI is InChI=1S/C13H9.C12H18.C5H5.2ClH.Zr/c1-3-7-12-10(5-1)9-11-6-2-4-8-13(11)12;1-2-12-6-9-3-10(7-12)5-11(4-9)8-12;1-2-4-5-3-1;;;/h1-9H;9-11H,3-8H2,1H3;1-3H,4H2;2*1H;/q-1;;-1;;;+2/p-2. The van der Waals surface area contributed by atoms with Crippen LogP contribution in [0.25, 0.3) is 21.5 Å². The molecule has 0 N–H and O–H groups in total. The number of rotatable bonds is 1. The quantitative estimate of drug-likeness (QED) is 0.404. The fourth-order valence-electron chi connectivity index (χ4n) is 6.81. The number of fused-ring (bicyclic) bond motifs is 3. The SMILES string of the molecule is C[C](=[Zr+2])C12CC3CC(CC(C3)C1)C2.[C-]1=CC=CC1.[Cl-].[Cl-].c1ccc2c(c1)[cH-]c1ccccc12. The molecule has 4 saturated carbocycles. The smallest absolute Gasteiger partial charge is 0.0771 e. The van der Waals surface area contributed by atoms with Gasteiger partial charge in [-0.05, 0) is 0 Å². The van der Waals surface area contributed by atoms with Gasteiger partial charge in [-0.25, -0.2) is 12.2 Å². The number of hydrogen-bond donors (Lipinski definition) is 0. The first-order valence-corrected chi connectivity index (χ1v) is 13.2. The summed E-state index contributed by atoms with van der Waals surface area (Å²) in [7, 11) is 0. The molecule has 0 aromatic heterocycles. The van der Waals surface area contributed by atoms with Crippen molar-refractivity contribution in [2.45, 2.75) is 51.9 Å². The van der Waals surface area contributed by atoms with E-state index in [0.717, 1.165) is 29.6 Å². The molecule has 4 bridgehead atoms. The van der Waals surface area contributed by atoms with Crippen LogP contribution in [0.15, 0.2) is 72.8 Å². The summed E-state index contributed by atoms with van der Waals surface area (Å²) < 4.78 is 1.83. The zero-order valence-corrected chi connectivity index (χ0v) is 23.3. The van der Waals surface area contributed by atoms with Gasteiger partial charge in [-0.15, -0.1) is 46.2 Å². The Balaban J connectivity index is 0.000000147. The maximum atomic E-state index is 2.99. The van der Waals surface area contributed by atoms with Crippen molar-refractivity contribution in [1.29, 1.82) is 0 Å². The molecule has 4 fully saturated rings. The van der Waals surface area contributed by atoms with Gasteiger partial charge < -0.3 is 24.8 Å². The second kappa shape index (κ2) is 11.7. The summed E-state index contributed by atoms with van der Waals surface area (Å²) in [5.41, 5.74) is 0.757. The average Bonchev–Trinajstić information content (AvgIpc) is 3.45. The van der Waals surface area contributed by atoms with E-state index in [-0.39, 0.29) is 24.8 Å². The molecular weight excluding hydrogens is 522 g/mol. The largest absolute Gasteiger partial charge is 1.00 e. The van der Waals surface area contributed by atoms with Crippen LogP contribution in [0.2, 0.25) is 0 Å². The topological polar surface area (TPSA) is 0 Å². The normalized spacial score (nSPS) is 27.8. The second-order valence-corrected chi connectivity index (χ2v) is 12.0. The van der Waals surface area contributed by atoms with E-state index in [1.54, 1.807) is 62.8 Å². The molecule has 0 nitrogen and oxygen atoms in total. The van der Waals surface area contributed by atoms with Gasteiger partial charge in [0.25, 0.3) is 0 Å². The summed E-state index contributed by atoms with van der Waals surface area (Å²) in [6.45, 7) is 2.42. The van der Waals surface area contributed by atoms with Crippen LogP contribution < -0.4 is 24.8 Å². The molecule has 0 atom stereocenters. The second-order valence-electron chi connectivity index (χ2n) is 10.1. The summed E-state index contributed by atoms with van der Waals surface area (Å²) in [6.07, 6.45) is 19.5. The van der Waals surface area contributed by atoms with Crippen molar-refractivity contribution >= 4 is 24.8 Å². The van der Waals surface area contributed by atoms with E-state index in [1.807, 2.05) is 15.4 Å². The zero-order valence-electron chi connectivity index (χ0n) is 19.4. The first kappa shape index (κ1) is 26.7. The molecule has 0 saturated heterocycles. The van der Waals surface area contributed by atoms with Gasteiger partial charge in [0, 0.05) is 0 Å². The zero-order chi connectivity index (χ0) is 21.3. The van der Waals surface area contributed by atoms with Gasteiger partial charge in [0.15, 0.2) is 0 Å². The predicted octanol–water partition coefficient (Wildman–Crippen LogP) is 1.97. The molecule has 0 amide bonds. The van der Waals surface area contributed by atoms with Gasteiger partial charge in [-0.1, -0.05) is 36.4 Å². The fourth-order valence-corrected chi connectivity index (χ4v) is 7.57. The Labute approximate surface area is 226 Å². The predicted molar refractivity (Wildman–Crippen MR) is 130 cm³/mol. The molecule has 8 rings (SSSR count). The third-order valence-electron chi connectivity index (χ3n) is 7.94. The van der Waals surface area contributed by atoms with E-state index < -0.39 is 0 Å². The van der Waals surface area contributed by atoms with Crippen LogP contribution in [-0.4, -0.2) is 3.21 Å². The number of halogens is 2. The Morgan fingerprint density at radius 2 is 1.33 bits per heavy atom. The van der Waals surface area contributed by atoms with Crippen LogP contribution in [0.3, 0.4) is 0 Å². The summed E-state index contributed by atoms with van der Waals surface area (Å²) in [5, 5.41) is 5.39. The van der Waals surface area contributed by atoms with Crippen molar-refractivity contribution in [3.63, 3.8) is 0 Å². The minimum Gasteiger partial charge on any atom is -1.00 e. The summed E-state index contributed by atoms with van der Waals surface area (Å²) >= 11 is 1.71. The molecule has 0 spiro atoms. The number of allylic oxidation sites excluding steroid dienone is 4. The molecule has 172 valence electrons. The Bertz CT molecular complexity index is 1040. The minimum atomic E-state index is 0. The van der Waals surface area contributed by atoms with E-state index >= 15 is 0 Å². The van der Waals surface area contributed by atoms with Crippen LogP contribution in [0.1, 0.15) is 51.9 Å². The van der Waals surface area contributed by atoms with E-state index in [2.05, 4.69) is 73.7 Å². The van der Waals surface area contributed by atoms with E-state index in [0.29, 0.717) is 0 Å². The van der Waals surface area contributed by atoms with Crippen LogP contribution in [0, 0.1) is 29.2 Å². The molecule has 5 aliphatic carbocycles. The van der Waals surface area contributed by atoms with Crippen LogP contribution in [0.4, 0.5) is 0 Å². The van der Waals surface area contributed by atoms with E-state index in [9.17, 15) is 0 Å². The minimum absolute atomic E-state index is 0. The molecule has 5 aliphatic rings. The number of hydrogen-bond acceptors (Lipinski definition) is 0. The van der Waals surface area contributed by atoms with E-state index in [4.69, 9.17) is 0 Å². The Hall–Kier alpha value is -0.877. The van der Waals surface area contributed by atoms with Crippen LogP contribution >= 0.6 is 0 Å². The average molecular weight is 555 g/mol. The molecular formula is C30H32Cl2Zr-2. The maximum absolute atomic E-state index is 2.99. The Morgan fingerprint density at radius 3 is 1.70 bits per heavy atom. The Kier molecular flexibility index (Phi) is 9.48. The first-order valence-electron chi connectivity index (χ1n) is 11.9. The van der Waals surface area contributed by atoms with Crippen LogP contribution in [0.5, 0.6) is 0 Å². The van der Waals surface area contributed by atoms with E-state index in [1.165, 1.54) is 21.5 Å². The molecule has 0 unspecified atom stereocenters. The van der Waals surface area contributed by atoms with Crippen molar-refractivity contribution in [3.8, 4) is 0 Å². The maximum Gasteiger partial charge on any atom is -0.0771 e. The van der Waals surface area contributed by atoms with Gasteiger partial charge >= 0.3 is 96.1 Å². The van der Waals surface area contributed by atoms with Gasteiger partial charge in [-0.2, -0.15) is 6.08 Å². The van der Waals surface area contributed by atoms with Gasteiger partial charge in [0.2, 0.25) is 0 Å². The van der Waals surface area contributed by atoms with Crippen molar-refractivity contribution in [2.24, 2.45) is 23.2 Å². The summed E-state index contributed by atoms with van der Waals surface area (Å²) in [4.78, 5) is 0. The van der Waals surface area contributed by atoms with Crippen molar-refractivity contribution < 1.29 is 49.0 Å². The molecule has 0 heterocycles. The summed E-state index contributed by atoms with van der Waals surface area (Å²) in [6, 6.07) is 19.3.